The van der Waals surface area contributed by atoms with Crippen molar-refractivity contribution in [2.45, 2.75) is 27.4 Å². The lowest BCUT2D eigenvalue weighted by atomic mass is 9.92. The van der Waals surface area contributed by atoms with Crippen molar-refractivity contribution in [3.8, 4) is 5.75 Å². The number of hydrogen-bond donors (Lipinski definition) is 0. The van der Waals surface area contributed by atoms with Crippen molar-refractivity contribution in [1.82, 2.24) is 0 Å². The molecule has 0 amide bonds. The highest BCUT2D eigenvalue weighted by atomic mass is 16.7. The Bertz CT molecular complexity index is 763. The summed E-state index contributed by atoms with van der Waals surface area (Å²) >= 11 is 0. The minimum Gasteiger partial charge on any atom is -0.488 e. The fourth-order valence-electron chi connectivity index (χ4n) is 2.80. The molecule has 25 heavy (non-hydrogen) atoms. The van der Waals surface area contributed by atoms with Gasteiger partial charge in [0, 0.05) is 12.7 Å². The average Bonchev–Trinajstić information content (AvgIpc) is 2.62. The fraction of sp³-hybridized carbons (Fsp3) is 0.286. The summed E-state index contributed by atoms with van der Waals surface area (Å²) in [6.07, 6.45) is 1.72. The van der Waals surface area contributed by atoms with Crippen LogP contribution in [-0.2, 0) is 16.1 Å². The van der Waals surface area contributed by atoms with Crippen LogP contribution in [0.5, 0.6) is 5.75 Å². The largest absolute Gasteiger partial charge is 0.488 e. The minimum absolute atomic E-state index is 0.0769. The number of benzene rings is 2. The van der Waals surface area contributed by atoms with E-state index in [1.807, 2.05) is 51.1 Å². The highest BCUT2D eigenvalue weighted by molar-refractivity contribution is 5.95. The second kappa shape index (κ2) is 8.49. The van der Waals surface area contributed by atoms with Crippen molar-refractivity contribution < 1.29 is 19.0 Å². The molecule has 2 rings (SSSR count). The van der Waals surface area contributed by atoms with Crippen LogP contribution in [-0.4, -0.2) is 19.9 Å². The maximum atomic E-state index is 12.4. The first-order valence-electron chi connectivity index (χ1n) is 8.10. The Morgan fingerprint density at radius 2 is 1.76 bits per heavy atom. The van der Waals surface area contributed by atoms with E-state index >= 15 is 0 Å². The normalized spacial score (nSPS) is 10.4. The molecule has 0 bridgehead atoms. The summed E-state index contributed by atoms with van der Waals surface area (Å²) in [6, 6.07) is 9.95. The van der Waals surface area contributed by atoms with Crippen molar-refractivity contribution in [3.63, 3.8) is 0 Å². The lowest BCUT2D eigenvalue weighted by molar-refractivity contribution is -0.0126. The van der Waals surface area contributed by atoms with Crippen LogP contribution in [0.25, 0.3) is 6.08 Å². The van der Waals surface area contributed by atoms with Gasteiger partial charge in [-0.15, -0.1) is 0 Å². The number of rotatable bonds is 7. The molecule has 0 unspecified atom stereocenters. The molecule has 4 nitrogen and oxygen atoms in total. The topological polar surface area (TPSA) is 44.8 Å². The number of carbonyl (C=O) groups excluding carboxylic acids is 1. The van der Waals surface area contributed by atoms with E-state index in [2.05, 4.69) is 6.58 Å². The van der Waals surface area contributed by atoms with E-state index in [-0.39, 0.29) is 6.79 Å². The van der Waals surface area contributed by atoms with Crippen LogP contribution in [0.2, 0.25) is 0 Å². The summed E-state index contributed by atoms with van der Waals surface area (Å²) in [5.74, 6) is 0.342. The SMILES string of the molecule is C=Cc1c(C)c(C(=O)OCOC)c(C)c(C)c1OCc1ccccc1. The van der Waals surface area contributed by atoms with E-state index in [0.29, 0.717) is 12.2 Å². The van der Waals surface area contributed by atoms with Gasteiger partial charge in [0.2, 0.25) is 0 Å². The summed E-state index contributed by atoms with van der Waals surface area (Å²) in [5.41, 5.74) is 4.96. The van der Waals surface area contributed by atoms with Crippen LogP contribution in [0.4, 0.5) is 0 Å². The standard InChI is InChI=1S/C21H24O4/c1-6-18-16(4)19(21(22)25-13-23-5)14(2)15(3)20(18)24-12-17-10-8-7-9-11-17/h6-11H,1,12-13H2,2-5H3. The van der Waals surface area contributed by atoms with E-state index in [1.165, 1.54) is 7.11 Å². The minimum atomic E-state index is -0.405. The van der Waals surface area contributed by atoms with E-state index < -0.39 is 5.97 Å². The van der Waals surface area contributed by atoms with Gasteiger partial charge in [-0.25, -0.2) is 4.79 Å². The first kappa shape index (κ1) is 18.7. The third-order valence-electron chi connectivity index (χ3n) is 4.24. The summed E-state index contributed by atoms with van der Waals surface area (Å²) in [5, 5.41) is 0. The molecule has 4 heteroatoms. The third-order valence-corrected chi connectivity index (χ3v) is 4.24. The first-order valence-corrected chi connectivity index (χ1v) is 8.10. The van der Waals surface area contributed by atoms with E-state index in [0.717, 1.165) is 33.6 Å². The molecule has 0 fully saturated rings. The van der Waals surface area contributed by atoms with Crippen molar-refractivity contribution in [1.29, 1.82) is 0 Å². The number of ether oxygens (including phenoxy) is 3. The summed E-state index contributed by atoms with van der Waals surface area (Å²) in [4.78, 5) is 12.4. The molecular weight excluding hydrogens is 316 g/mol. The first-order chi connectivity index (χ1) is 12.0. The van der Waals surface area contributed by atoms with Crippen LogP contribution < -0.4 is 4.74 Å². The molecule has 2 aromatic carbocycles. The Morgan fingerprint density at radius 1 is 1.08 bits per heavy atom. The summed E-state index contributed by atoms with van der Waals surface area (Å²) in [7, 11) is 1.48. The molecule has 0 aliphatic rings. The van der Waals surface area contributed by atoms with Gasteiger partial charge in [-0.05, 0) is 43.0 Å². The molecule has 0 aliphatic heterocycles. The van der Waals surface area contributed by atoms with Crippen LogP contribution in [0.3, 0.4) is 0 Å². The Morgan fingerprint density at radius 3 is 2.36 bits per heavy atom. The molecule has 0 aliphatic carbocycles. The van der Waals surface area contributed by atoms with Gasteiger partial charge in [-0.1, -0.05) is 43.0 Å². The Labute approximate surface area is 149 Å². The monoisotopic (exact) mass is 340 g/mol. The molecule has 0 aromatic heterocycles. The lowest BCUT2D eigenvalue weighted by Crippen LogP contribution is -2.14. The Kier molecular flexibility index (Phi) is 6.37. The summed E-state index contributed by atoms with van der Waals surface area (Å²) in [6.45, 7) is 9.97. The second-order valence-corrected chi connectivity index (χ2v) is 5.81. The van der Waals surface area contributed by atoms with Crippen LogP contribution in [0, 0.1) is 20.8 Å². The molecule has 0 radical (unpaired) electrons. The van der Waals surface area contributed by atoms with Gasteiger partial charge >= 0.3 is 5.97 Å². The summed E-state index contributed by atoms with van der Waals surface area (Å²) < 4.78 is 16.0. The molecule has 0 saturated heterocycles. The number of esters is 1. The molecule has 0 N–H and O–H groups in total. The highest BCUT2D eigenvalue weighted by Crippen LogP contribution is 2.35. The van der Waals surface area contributed by atoms with Crippen LogP contribution >= 0.6 is 0 Å². The van der Waals surface area contributed by atoms with Crippen molar-refractivity contribution in [2.75, 3.05) is 13.9 Å². The molecule has 0 atom stereocenters. The third kappa shape index (κ3) is 4.09. The molecule has 2 aromatic rings. The van der Waals surface area contributed by atoms with E-state index in [1.54, 1.807) is 6.08 Å². The average molecular weight is 340 g/mol. The zero-order valence-corrected chi connectivity index (χ0v) is 15.2. The quantitative estimate of drug-likeness (QED) is 0.546. The maximum absolute atomic E-state index is 12.4. The highest BCUT2D eigenvalue weighted by Gasteiger charge is 2.22. The van der Waals surface area contributed by atoms with Crippen molar-refractivity contribution in [3.05, 3.63) is 70.3 Å². The van der Waals surface area contributed by atoms with Gasteiger partial charge in [0.1, 0.15) is 12.4 Å². The number of carbonyl (C=O) groups is 1. The Balaban J connectivity index is 2.41. The second-order valence-electron chi connectivity index (χ2n) is 5.81. The van der Waals surface area contributed by atoms with E-state index in [4.69, 9.17) is 14.2 Å². The number of hydrogen-bond acceptors (Lipinski definition) is 4. The molecule has 0 heterocycles. The smallest absolute Gasteiger partial charge is 0.340 e. The van der Waals surface area contributed by atoms with Gasteiger partial charge in [0.15, 0.2) is 6.79 Å². The molecular formula is C21H24O4. The molecule has 132 valence electrons. The maximum Gasteiger partial charge on any atom is 0.340 e. The molecule has 0 saturated carbocycles. The number of methoxy groups -OCH3 is 1. The van der Waals surface area contributed by atoms with Crippen LogP contribution in [0.15, 0.2) is 36.9 Å². The zero-order chi connectivity index (χ0) is 18.4. The van der Waals surface area contributed by atoms with Crippen LogP contribution in [0.1, 0.15) is 38.2 Å². The van der Waals surface area contributed by atoms with E-state index in [9.17, 15) is 4.79 Å². The van der Waals surface area contributed by atoms with Gasteiger partial charge in [0.25, 0.3) is 0 Å². The van der Waals surface area contributed by atoms with Gasteiger partial charge < -0.3 is 14.2 Å². The predicted octanol–water partition coefficient (Wildman–Crippen LogP) is 4.59. The van der Waals surface area contributed by atoms with Gasteiger partial charge in [-0.2, -0.15) is 0 Å². The van der Waals surface area contributed by atoms with Crippen molar-refractivity contribution in [2.24, 2.45) is 0 Å². The predicted molar refractivity (Wildman–Crippen MR) is 98.8 cm³/mol. The fourth-order valence-corrected chi connectivity index (χ4v) is 2.80. The molecule has 0 spiro atoms. The van der Waals surface area contributed by atoms with Crippen molar-refractivity contribution >= 4 is 12.0 Å². The lowest BCUT2D eigenvalue weighted by Gasteiger charge is -2.20. The van der Waals surface area contributed by atoms with Gasteiger partial charge in [0.05, 0.1) is 5.56 Å². The Hall–Kier alpha value is -2.59. The zero-order valence-electron chi connectivity index (χ0n) is 15.2. The van der Waals surface area contributed by atoms with Gasteiger partial charge in [-0.3, -0.25) is 0 Å².